The Morgan fingerprint density at radius 2 is 1.88 bits per heavy atom. The minimum absolute atomic E-state index is 0.269. The van der Waals surface area contributed by atoms with Gasteiger partial charge in [-0.2, -0.15) is 0 Å². The summed E-state index contributed by atoms with van der Waals surface area (Å²) >= 11 is 1.34. The van der Waals surface area contributed by atoms with Crippen LogP contribution in [0.15, 0.2) is 42.0 Å². The van der Waals surface area contributed by atoms with E-state index >= 15 is 0 Å². The summed E-state index contributed by atoms with van der Waals surface area (Å²) in [6.45, 7) is 1.27. The fraction of sp³-hybridized carbons (Fsp3) is 0.318. The van der Waals surface area contributed by atoms with Crippen LogP contribution in [-0.4, -0.2) is 59.6 Å². The number of nitrogens with zero attached hydrogens (tertiary/aromatic N) is 4. The van der Waals surface area contributed by atoms with Crippen LogP contribution in [0.1, 0.15) is 23.3 Å². The van der Waals surface area contributed by atoms with Crippen molar-refractivity contribution in [3.63, 3.8) is 0 Å². The first kappa shape index (κ1) is 22.6. The average Bonchev–Trinajstić information content (AvgIpc) is 3.35. The van der Waals surface area contributed by atoms with Gasteiger partial charge in [0, 0.05) is 36.4 Å². The van der Waals surface area contributed by atoms with Crippen molar-refractivity contribution in [1.29, 1.82) is 0 Å². The second-order valence-corrected chi connectivity index (χ2v) is 8.51. The maximum absolute atomic E-state index is 12.9. The van der Waals surface area contributed by atoms with Crippen LogP contribution in [0.2, 0.25) is 0 Å². The van der Waals surface area contributed by atoms with Crippen molar-refractivity contribution in [3.8, 4) is 16.6 Å². The number of ether oxygens (including phenoxy) is 1. The number of likely N-dealkylation sites (N-methyl/N-ethyl adjacent to an activating group) is 1. The molecule has 0 saturated carbocycles. The molecule has 4 rings (SSSR count). The van der Waals surface area contributed by atoms with Crippen LogP contribution in [0.25, 0.3) is 10.6 Å². The lowest BCUT2D eigenvalue weighted by atomic mass is 9.86. The lowest BCUT2D eigenvalue weighted by Gasteiger charge is -2.41. The highest BCUT2D eigenvalue weighted by molar-refractivity contribution is 7.13. The zero-order valence-corrected chi connectivity index (χ0v) is 19.2. The molecule has 0 atom stereocenters. The topological polar surface area (TPSA) is 135 Å². The molecule has 1 aliphatic heterocycles. The van der Waals surface area contributed by atoms with Crippen LogP contribution in [0.3, 0.4) is 0 Å². The standard InChI is InChI=1S/C22H25N7O3S/c1-24-22(20(23)31)7-9-29(10-8-22)17-6-4-3-5-15(17)27-18(30)16-13-33-19(28-16)14-11-25-21(32-2)26-12-14/h3-6,11-13,24H,7-10H2,1-2H3,(H2,23,31)(H,27,30). The van der Waals surface area contributed by atoms with Crippen molar-refractivity contribution >= 4 is 34.5 Å². The van der Waals surface area contributed by atoms with Crippen LogP contribution in [-0.2, 0) is 4.79 Å². The normalized spacial score (nSPS) is 15.2. The van der Waals surface area contributed by atoms with Gasteiger partial charge in [0.25, 0.3) is 5.91 Å². The summed E-state index contributed by atoms with van der Waals surface area (Å²) in [5, 5.41) is 8.40. The van der Waals surface area contributed by atoms with E-state index in [9.17, 15) is 9.59 Å². The van der Waals surface area contributed by atoms with Gasteiger partial charge < -0.3 is 26.0 Å². The lowest BCUT2D eigenvalue weighted by molar-refractivity contribution is -0.125. The number of methoxy groups -OCH3 is 1. The van der Waals surface area contributed by atoms with Gasteiger partial charge in [-0.15, -0.1) is 11.3 Å². The minimum Gasteiger partial charge on any atom is -0.467 e. The van der Waals surface area contributed by atoms with Crippen molar-refractivity contribution in [1.82, 2.24) is 20.3 Å². The third-order valence-corrected chi connectivity index (χ3v) is 6.75. The summed E-state index contributed by atoms with van der Waals surface area (Å²) in [5.41, 5.74) is 7.50. The Morgan fingerprint density at radius 3 is 2.52 bits per heavy atom. The Labute approximate surface area is 195 Å². The number of amides is 2. The molecule has 172 valence electrons. The average molecular weight is 468 g/mol. The number of thiazole rings is 1. The first-order chi connectivity index (χ1) is 16.0. The van der Waals surface area contributed by atoms with E-state index in [1.807, 2.05) is 24.3 Å². The molecule has 3 aromatic rings. The summed E-state index contributed by atoms with van der Waals surface area (Å²) < 4.78 is 4.97. The fourth-order valence-corrected chi connectivity index (χ4v) is 4.61. The van der Waals surface area contributed by atoms with E-state index in [-0.39, 0.29) is 17.8 Å². The van der Waals surface area contributed by atoms with E-state index in [0.29, 0.717) is 47.9 Å². The highest BCUT2D eigenvalue weighted by atomic mass is 32.1. The molecule has 1 fully saturated rings. The van der Waals surface area contributed by atoms with E-state index < -0.39 is 5.54 Å². The van der Waals surface area contributed by atoms with E-state index in [1.54, 1.807) is 24.8 Å². The summed E-state index contributed by atoms with van der Waals surface area (Å²) in [6.07, 6.45) is 4.38. The lowest BCUT2D eigenvalue weighted by Crippen LogP contribution is -2.59. The van der Waals surface area contributed by atoms with Gasteiger partial charge >= 0.3 is 6.01 Å². The molecule has 2 aromatic heterocycles. The number of hydrogen-bond acceptors (Lipinski definition) is 9. The number of nitrogens with two attached hydrogens (primary N) is 1. The summed E-state index contributed by atoms with van der Waals surface area (Å²) in [5.74, 6) is -0.647. The van der Waals surface area contributed by atoms with Crippen molar-refractivity contribution in [2.24, 2.45) is 5.73 Å². The number of piperidine rings is 1. The Balaban J connectivity index is 1.48. The highest BCUT2D eigenvalue weighted by Gasteiger charge is 2.38. The molecule has 10 nitrogen and oxygen atoms in total. The Morgan fingerprint density at radius 1 is 1.18 bits per heavy atom. The number of nitrogens with one attached hydrogen (secondary N) is 2. The predicted octanol–water partition coefficient (Wildman–Crippen LogP) is 1.90. The molecule has 1 saturated heterocycles. The van der Waals surface area contributed by atoms with Gasteiger partial charge in [-0.05, 0) is 32.0 Å². The maximum Gasteiger partial charge on any atom is 0.316 e. The number of para-hydroxylation sites is 2. The molecule has 1 aliphatic rings. The molecule has 1 aromatic carbocycles. The minimum atomic E-state index is -0.698. The summed E-state index contributed by atoms with van der Waals surface area (Å²) in [4.78, 5) is 39.6. The SMILES string of the molecule is CNC1(C(N)=O)CCN(c2ccccc2NC(=O)c2csc(-c3cnc(OC)nc3)n2)CC1. The van der Waals surface area contributed by atoms with Crippen molar-refractivity contribution < 1.29 is 14.3 Å². The van der Waals surface area contributed by atoms with Gasteiger partial charge in [-0.3, -0.25) is 9.59 Å². The van der Waals surface area contributed by atoms with Crippen molar-refractivity contribution in [2.75, 3.05) is 37.5 Å². The Kier molecular flexibility index (Phi) is 6.52. The second-order valence-electron chi connectivity index (χ2n) is 7.65. The maximum atomic E-state index is 12.9. The highest BCUT2D eigenvalue weighted by Crippen LogP contribution is 2.32. The van der Waals surface area contributed by atoms with Crippen LogP contribution in [0.5, 0.6) is 6.01 Å². The number of benzene rings is 1. The Hall–Kier alpha value is -3.57. The molecular formula is C22H25N7O3S. The number of carbonyl (C=O) groups excluding carboxylic acids is 2. The molecule has 0 unspecified atom stereocenters. The fourth-order valence-electron chi connectivity index (χ4n) is 3.83. The zero-order valence-electron chi connectivity index (χ0n) is 18.4. The smallest absolute Gasteiger partial charge is 0.316 e. The van der Waals surface area contributed by atoms with E-state index in [4.69, 9.17) is 10.5 Å². The first-order valence-electron chi connectivity index (χ1n) is 10.4. The van der Waals surface area contributed by atoms with Crippen LogP contribution in [0, 0.1) is 0 Å². The molecule has 11 heteroatoms. The largest absolute Gasteiger partial charge is 0.467 e. The zero-order chi connectivity index (χ0) is 23.4. The molecule has 3 heterocycles. The van der Waals surface area contributed by atoms with E-state index in [2.05, 4.69) is 30.5 Å². The predicted molar refractivity (Wildman–Crippen MR) is 127 cm³/mol. The van der Waals surface area contributed by atoms with Crippen LogP contribution in [0.4, 0.5) is 11.4 Å². The van der Waals surface area contributed by atoms with Gasteiger partial charge in [-0.25, -0.2) is 15.0 Å². The molecule has 0 aliphatic carbocycles. The first-order valence-corrected chi connectivity index (χ1v) is 11.3. The molecule has 0 bridgehead atoms. The van der Waals surface area contributed by atoms with Gasteiger partial charge in [0.2, 0.25) is 5.91 Å². The summed E-state index contributed by atoms with van der Waals surface area (Å²) in [7, 11) is 3.26. The number of carbonyl (C=O) groups is 2. The molecular weight excluding hydrogens is 442 g/mol. The molecule has 0 spiro atoms. The van der Waals surface area contributed by atoms with Gasteiger partial charge in [0.05, 0.1) is 18.5 Å². The monoisotopic (exact) mass is 467 g/mol. The van der Waals surface area contributed by atoms with E-state index in [0.717, 1.165) is 5.69 Å². The third-order valence-electron chi connectivity index (χ3n) is 5.85. The van der Waals surface area contributed by atoms with Crippen molar-refractivity contribution in [2.45, 2.75) is 18.4 Å². The Bertz CT molecular complexity index is 1140. The number of aromatic nitrogens is 3. The number of anilines is 2. The molecule has 2 amide bonds. The number of primary amides is 1. The van der Waals surface area contributed by atoms with Crippen LogP contribution < -0.4 is 26.0 Å². The molecule has 33 heavy (non-hydrogen) atoms. The quantitative estimate of drug-likeness (QED) is 0.479. The van der Waals surface area contributed by atoms with Crippen LogP contribution >= 0.6 is 11.3 Å². The third kappa shape index (κ3) is 4.64. The molecule has 4 N–H and O–H groups in total. The van der Waals surface area contributed by atoms with Gasteiger partial charge in [0.15, 0.2) is 0 Å². The summed E-state index contributed by atoms with van der Waals surface area (Å²) in [6, 6.07) is 7.86. The second kappa shape index (κ2) is 9.51. The molecule has 0 radical (unpaired) electrons. The number of rotatable bonds is 7. The number of hydrogen-bond donors (Lipinski definition) is 3. The van der Waals surface area contributed by atoms with Crippen molar-refractivity contribution in [3.05, 3.63) is 47.7 Å². The van der Waals surface area contributed by atoms with E-state index in [1.165, 1.54) is 18.4 Å². The van der Waals surface area contributed by atoms with Gasteiger partial charge in [0.1, 0.15) is 16.2 Å². The van der Waals surface area contributed by atoms with Gasteiger partial charge in [-0.1, -0.05) is 12.1 Å².